The molecule has 0 heterocycles. The van der Waals surface area contributed by atoms with E-state index in [9.17, 15) is 19.7 Å². The van der Waals surface area contributed by atoms with E-state index in [0.717, 1.165) is 37.0 Å². The van der Waals surface area contributed by atoms with Gasteiger partial charge in [0.25, 0.3) is 5.69 Å². The first kappa shape index (κ1) is 32.2. The van der Waals surface area contributed by atoms with Crippen molar-refractivity contribution < 1.29 is 28.7 Å². The lowest BCUT2D eigenvalue weighted by molar-refractivity contribution is -0.384. The van der Waals surface area contributed by atoms with Crippen LogP contribution >= 0.6 is 0 Å². The van der Waals surface area contributed by atoms with Gasteiger partial charge in [-0.05, 0) is 66.5 Å². The molecular weight excluding hydrogens is 452 g/mol. The van der Waals surface area contributed by atoms with E-state index in [1.807, 2.05) is 13.8 Å². The Hall–Kier alpha value is -2.84. The maximum atomic E-state index is 12.4. The lowest BCUT2D eigenvalue weighted by atomic mass is 10.1. The van der Waals surface area contributed by atoms with Gasteiger partial charge >= 0.3 is 12.2 Å². The summed E-state index contributed by atoms with van der Waals surface area (Å²) in [7, 11) is 0. The first-order chi connectivity index (χ1) is 16.3. The first-order valence-corrected chi connectivity index (χ1v) is 12.4. The van der Waals surface area contributed by atoms with Gasteiger partial charge in [0.1, 0.15) is 17.0 Å². The lowest BCUT2D eigenvalue weighted by Gasteiger charge is -2.28. The molecule has 0 aromatic heterocycles. The molecule has 9 heteroatoms. The van der Waals surface area contributed by atoms with Gasteiger partial charge in [-0.2, -0.15) is 0 Å². The highest BCUT2D eigenvalue weighted by Crippen LogP contribution is 2.18. The molecule has 0 fully saturated rings. The number of nitrogens with zero attached hydrogens (tertiary/aromatic N) is 2. The normalized spacial score (nSPS) is 11.1. The van der Waals surface area contributed by atoms with Crippen molar-refractivity contribution in [3.05, 3.63) is 34.4 Å². The maximum Gasteiger partial charge on any atom is 0.419 e. The predicted octanol–water partition coefficient (Wildman–Crippen LogP) is 7.51. The van der Waals surface area contributed by atoms with Gasteiger partial charge in [-0.25, -0.2) is 14.5 Å². The molecule has 35 heavy (non-hydrogen) atoms. The molecule has 0 atom stereocenters. The summed E-state index contributed by atoms with van der Waals surface area (Å²) in [6, 6.07) is 6.04. The van der Waals surface area contributed by atoms with Crippen LogP contribution in [0.5, 0.6) is 5.75 Å². The number of ether oxygens (including phenoxy) is 3. The third-order valence-electron chi connectivity index (χ3n) is 4.32. The summed E-state index contributed by atoms with van der Waals surface area (Å²) in [5.74, 6) is 0.616. The average molecular weight is 497 g/mol. The van der Waals surface area contributed by atoms with Gasteiger partial charge < -0.3 is 14.2 Å². The van der Waals surface area contributed by atoms with Crippen LogP contribution in [0.3, 0.4) is 0 Å². The van der Waals surface area contributed by atoms with E-state index >= 15 is 0 Å². The minimum absolute atomic E-state index is 0.0410. The second-order valence-electron chi connectivity index (χ2n) is 9.83. The van der Waals surface area contributed by atoms with Crippen molar-refractivity contribution in [2.24, 2.45) is 0 Å². The number of carbonyl (C=O) groups excluding carboxylic acids is 2. The Morgan fingerprint density at radius 2 is 1.23 bits per heavy atom. The Balaban J connectivity index is 0.00000562. The average Bonchev–Trinajstić information content (AvgIpc) is 2.74. The molecule has 0 unspecified atom stereocenters. The number of non-ortho nitro benzene ring substituents is 1. The summed E-state index contributed by atoms with van der Waals surface area (Å²) in [6.07, 6.45) is 3.97. The summed E-state index contributed by atoms with van der Waals surface area (Å²) in [5.41, 5.74) is -1.36. The molecule has 0 saturated heterocycles. The van der Waals surface area contributed by atoms with E-state index in [-0.39, 0.29) is 12.2 Å². The van der Waals surface area contributed by atoms with Gasteiger partial charge in [-0.15, -0.1) is 0 Å². The number of benzene rings is 1. The summed E-state index contributed by atoms with van der Waals surface area (Å²) in [5, 5.41) is 10.6. The fourth-order valence-corrected chi connectivity index (χ4v) is 2.82. The summed E-state index contributed by atoms with van der Waals surface area (Å²) < 4.78 is 16.3. The molecule has 0 saturated carbocycles. The van der Waals surface area contributed by atoms with Gasteiger partial charge in [0.05, 0.1) is 11.5 Å². The van der Waals surface area contributed by atoms with Gasteiger partial charge in [-0.1, -0.05) is 39.5 Å². The van der Waals surface area contributed by atoms with Crippen LogP contribution in [-0.4, -0.2) is 46.4 Å². The topological polar surface area (TPSA) is 108 Å². The Morgan fingerprint density at radius 1 is 0.800 bits per heavy atom. The molecular formula is C26H44N2O7. The van der Waals surface area contributed by atoms with Crippen LogP contribution in [0, 0.1) is 10.1 Å². The van der Waals surface area contributed by atoms with E-state index in [0.29, 0.717) is 18.8 Å². The smallest absolute Gasteiger partial charge is 0.419 e. The molecule has 9 nitrogen and oxygen atoms in total. The molecule has 2 amide bonds. The number of carbonyl (C=O) groups is 2. The van der Waals surface area contributed by atoms with E-state index in [4.69, 9.17) is 14.2 Å². The van der Waals surface area contributed by atoms with Crippen LogP contribution in [0.25, 0.3) is 0 Å². The summed E-state index contributed by atoms with van der Waals surface area (Å²) in [6.45, 7) is 15.3. The second-order valence-corrected chi connectivity index (χ2v) is 9.83. The molecule has 1 aromatic rings. The van der Waals surface area contributed by atoms with Gasteiger partial charge in [-0.3, -0.25) is 10.1 Å². The largest absolute Gasteiger partial charge is 0.494 e. The zero-order valence-corrected chi connectivity index (χ0v) is 22.7. The van der Waals surface area contributed by atoms with Crippen LogP contribution in [-0.2, 0) is 9.47 Å². The van der Waals surface area contributed by atoms with Gasteiger partial charge in [0, 0.05) is 18.7 Å². The minimum Gasteiger partial charge on any atom is -0.494 e. The molecule has 0 spiro atoms. The highest BCUT2D eigenvalue weighted by atomic mass is 16.6. The number of nitro groups is 1. The van der Waals surface area contributed by atoms with Crippen molar-refractivity contribution in [3.63, 3.8) is 0 Å². The maximum absolute atomic E-state index is 12.4. The molecule has 1 rings (SSSR count). The number of hydrogen-bond donors (Lipinski definition) is 0. The first-order valence-electron chi connectivity index (χ1n) is 12.4. The third kappa shape index (κ3) is 15.6. The number of unbranched alkanes of at least 4 members (excludes halogenated alkanes) is 5. The van der Waals surface area contributed by atoms with Crippen LogP contribution in [0.1, 0.15) is 93.9 Å². The SMILES string of the molecule is CC.CC(C)(C)OC(=O)N(CCCCCCCCOc1ccc([N+](=O)[O-])cc1)C(=O)OC(C)(C)C. The van der Waals surface area contributed by atoms with Crippen molar-refractivity contribution >= 4 is 17.9 Å². The number of nitro benzene ring substituents is 1. The van der Waals surface area contributed by atoms with Gasteiger partial charge in [0.2, 0.25) is 0 Å². The Kier molecular flexibility index (Phi) is 14.7. The molecule has 0 aliphatic carbocycles. The number of amides is 2. The Labute approximate surface area is 210 Å². The van der Waals surface area contributed by atoms with Crippen LogP contribution in [0.2, 0.25) is 0 Å². The molecule has 1 aromatic carbocycles. The van der Waals surface area contributed by atoms with E-state index in [2.05, 4.69) is 0 Å². The van der Waals surface area contributed by atoms with Crippen LogP contribution in [0.15, 0.2) is 24.3 Å². The van der Waals surface area contributed by atoms with E-state index in [1.54, 1.807) is 53.7 Å². The molecule has 0 aliphatic rings. The van der Waals surface area contributed by atoms with Crippen molar-refractivity contribution in [2.75, 3.05) is 13.2 Å². The monoisotopic (exact) mass is 496 g/mol. The molecule has 200 valence electrons. The Morgan fingerprint density at radius 3 is 1.66 bits per heavy atom. The van der Waals surface area contributed by atoms with Crippen molar-refractivity contribution in [1.29, 1.82) is 0 Å². The number of imide groups is 1. The fourth-order valence-electron chi connectivity index (χ4n) is 2.82. The molecule has 0 aliphatic heterocycles. The van der Waals surface area contributed by atoms with Crippen molar-refractivity contribution in [1.82, 2.24) is 4.90 Å². The van der Waals surface area contributed by atoms with Crippen LogP contribution in [0.4, 0.5) is 15.3 Å². The quantitative estimate of drug-likeness (QED) is 0.177. The molecule has 0 radical (unpaired) electrons. The number of rotatable bonds is 11. The van der Waals surface area contributed by atoms with Crippen molar-refractivity contribution in [2.45, 2.75) is 105 Å². The predicted molar refractivity (Wildman–Crippen MR) is 137 cm³/mol. The van der Waals surface area contributed by atoms with E-state index in [1.165, 1.54) is 12.1 Å². The fraction of sp³-hybridized carbons (Fsp3) is 0.692. The number of hydrogen-bond acceptors (Lipinski definition) is 7. The standard InChI is InChI=1S/C24H38N2O7.C2H6/c1-23(2,3)32-21(27)25(22(28)33-24(4,5)6)17-11-9-7-8-10-12-18-31-20-15-13-19(14-16-20)26(29)30;1-2/h13-16H,7-12,17-18H2,1-6H3;1-2H3. The van der Waals surface area contributed by atoms with Gasteiger partial charge in [0.15, 0.2) is 0 Å². The zero-order valence-electron chi connectivity index (χ0n) is 22.7. The highest BCUT2D eigenvalue weighted by Gasteiger charge is 2.30. The zero-order chi connectivity index (χ0) is 27.1. The van der Waals surface area contributed by atoms with Crippen LogP contribution < -0.4 is 4.74 Å². The van der Waals surface area contributed by atoms with E-state index < -0.39 is 28.3 Å². The molecule has 0 N–H and O–H groups in total. The highest BCUT2D eigenvalue weighted by molar-refractivity contribution is 5.88. The Bertz CT molecular complexity index is 737. The van der Waals surface area contributed by atoms with Crippen molar-refractivity contribution in [3.8, 4) is 5.75 Å². The lowest BCUT2D eigenvalue weighted by Crippen LogP contribution is -2.44. The minimum atomic E-state index is -0.701. The summed E-state index contributed by atoms with van der Waals surface area (Å²) >= 11 is 0. The summed E-state index contributed by atoms with van der Waals surface area (Å²) in [4.78, 5) is 36.1. The third-order valence-corrected chi connectivity index (χ3v) is 4.32. The molecule has 0 bridgehead atoms. The second kappa shape index (κ2) is 15.9.